The molecule has 0 radical (unpaired) electrons. The minimum atomic E-state index is -2.47. The van der Waals surface area contributed by atoms with Gasteiger partial charge in [0.2, 0.25) is 0 Å². The molecule has 0 spiro atoms. The number of hydrogen-bond acceptors (Lipinski definition) is 4. The number of halogens is 2. The molecule has 0 saturated carbocycles. The van der Waals surface area contributed by atoms with E-state index in [1.165, 1.54) is 23.5 Å². The van der Waals surface area contributed by atoms with E-state index >= 15 is 0 Å². The number of aromatic nitrogens is 1. The second kappa shape index (κ2) is 7.42. The third-order valence-corrected chi connectivity index (χ3v) is 3.69. The summed E-state index contributed by atoms with van der Waals surface area (Å²) in [4.78, 5) is 4.27. The van der Waals surface area contributed by atoms with Gasteiger partial charge in [-0.3, -0.25) is 0 Å². The van der Waals surface area contributed by atoms with Crippen LogP contribution in [0.1, 0.15) is 28.6 Å². The topological polar surface area (TPSA) is 34.1 Å². The normalized spacial score (nSPS) is 12.8. The highest BCUT2D eigenvalue weighted by molar-refractivity contribution is 7.09. The summed E-state index contributed by atoms with van der Waals surface area (Å²) >= 11 is 1.50. The van der Waals surface area contributed by atoms with Crippen molar-refractivity contribution < 1.29 is 13.5 Å². The van der Waals surface area contributed by atoms with Crippen molar-refractivity contribution in [3.63, 3.8) is 0 Å². The van der Waals surface area contributed by atoms with Gasteiger partial charge in [0.1, 0.15) is 5.01 Å². The van der Waals surface area contributed by atoms with E-state index in [1.807, 2.05) is 11.4 Å². The van der Waals surface area contributed by atoms with Gasteiger partial charge < -0.3 is 10.1 Å². The first-order chi connectivity index (χ1) is 9.72. The van der Waals surface area contributed by atoms with Crippen LogP contribution in [0.5, 0.6) is 0 Å². The number of nitrogens with zero attached hydrogens (tertiary/aromatic N) is 1. The first kappa shape index (κ1) is 15.0. The quantitative estimate of drug-likeness (QED) is 0.795. The molecule has 0 aliphatic rings. The Balaban J connectivity index is 2.23. The minimum Gasteiger partial charge on any atom is -0.383 e. The molecule has 2 aromatic rings. The zero-order valence-electron chi connectivity index (χ0n) is 11.1. The highest BCUT2D eigenvalue weighted by Crippen LogP contribution is 2.27. The average Bonchev–Trinajstić information content (AvgIpc) is 2.97. The van der Waals surface area contributed by atoms with Crippen molar-refractivity contribution in [2.24, 2.45) is 0 Å². The van der Waals surface area contributed by atoms with Crippen LogP contribution < -0.4 is 5.32 Å². The Bertz CT molecular complexity index is 520. The molecule has 1 aromatic heterocycles. The Morgan fingerprint density at radius 1 is 1.35 bits per heavy atom. The summed E-state index contributed by atoms with van der Waals surface area (Å²) in [6.45, 7) is 1.18. The molecule has 0 bridgehead atoms. The summed E-state index contributed by atoms with van der Waals surface area (Å²) in [5.74, 6) is 0. The van der Waals surface area contributed by atoms with Crippen LogP contribution in [0.25, 0.3) is 0 Å². The summed E-state index contributed by atoms with van der Waals surface area (Å²) in [5, 5.41) is 6.01. The summed E-state index contributed by atoms with van der Waals surface area (Å²) in [5.41, 5.74) is 0.812. The smallest absolute Gasteiger partial charge is 0.263 e. The Labute approximate surface area is 120 Å². The van der Waals surface area contributed by atoms with E-state index in [-0.39, 0.29) is 11.6 Å². The van der Waals surface area contributed by atoms with Gasteiger partial charge in [-0.15, -0.1) is 11.3 Å². The molecule has 0 aliphatic heterocycles. The number of hydrogen-bond donors (Lipinski definition) is 1. The van der Waals surface area contributed by atoms with Crippen LogP contribution in [0.4, 0.5) is 8.78 Å². The highest BCUT2D eigenvalue weighted by Gasteiger charge is 2.17. The lowest BCUT2D eigenvalue weighted by Crippen LogP contribution is -2.26. The molecular formula is C14H16F2N2OS. The van der Waals surface area contributed by atoms with E-state index in [2.05, 4.69) is 10.3 Å². The summed E-state index contributed by atoms with van der Waals surface area (Å²) in [6.07, 6.45) is -0.757. The van der Waals surface area contributed by atoms with Crippen molar-refractivity contribution in [3.8, 4) is 0 Å². The molecule has 3 nitrogen and oxygen atoms in total. The molecule has 1 N–H and O–H groups in total. The summed E-state index contributed by atoms with van der Waals surface area (Å²) in [6, 6.07) is 6.25. The van der Waals surface area contributed by atoms with Crippen LogP contribution in [0.2, 0.25) is 0 Å². The first-order valence-electron chi connectivity index (χ1n) is 6.22. The molecule has 0 fully saturated rings. The Hall–Kier alpha value is -1.37. The largest absolute Gasteiger partial charge is 0.383 e. The second-order valence-electron chi connectivity index (χ2n) is 4.22. The number of benzene rings is 1. The van der Waals surface area contributed by atoms with Crippen molar-refractivity contribution in [1.82, 2.24) is 10.3 Å². The number of ether oxygens (including phenoxy) is 1. The van der Waals surface area contributed by atoms with Gasteiger partial charge in [0, 0.05) is 30.8 Å². The second-order valence-corrected chi connectivity index (χ2v) is 5.15. The molecule has 1 unspecified atom stereocenters. The predicted molar refractivity (Wildman–Crippen MR) is 75.2 cm³/mol. The van der Waals surface area contributed by atoms with Crippen LogP contribution in [-0.2, 0) is 4.74 Å². The lowest BCUT2D eigenvalue weighted by molar-refractivity contribution is 0.151. The number of alkyl halides is 2. The number of thiazole rings is 1. The fourth-order valence-corrected chi connectivity index (χ4v) is 2.64. The highest BCUT2D eigenvalue weighted by atomic mass is 32.1. The third-order valence-electron chi connectivity index (χ3n) is 2.85. The molecule has 0 saturated heterocycles. The van der Waals surface area contributed by atoms with E-state index in [0.29, 0.717) is 13.2 Å². The molecule has 1 atom stereocenters. The van der Waals surface area contributed by atoms with Crippen molar-refractivity contribution >= 4 is 11.3 Å². The third kappa shape index (κ3) is 3.82. The van der Waals surface area contributed by atoms with Crippen LogP contribution in [-0.4, -0.2) is 25.2 Å². The molecular weight excluding hydrogens is 282 g/mol. The minimum absolute atomic E-state index is 0.0256. The standard InChI is InChI=1S/C14H16F2N2OS/c1-19-7-5-17-12(14-18-6-8-20-14)10-3-2-4-11(9-10)13(15)16/h2-4,6,8-9,12-13,17H,5,7H2,1H3. The van der Waals surface area contributed by atoms with Crippen LogP contribution in [0.3, 0.4) is 0 Å². The van der Waals surface area contributed by atoms with E-state index in [9.17, 15) is 8.78 Å². The number of nitrogens with one attached hydrogen (secondary N) is 1. The summed E-state index contributed by atoms with van der Waals surface area (Å²) < 4.78 is 30.6. The van der Waals surface area contributed by atoms with E-state index in [1.54, 1.807) is 19.4 Å². The monoisotopic (exact) mass is 298 g/mol. The van der Waals surface area contributed by atoms with Gasteiger partial charge in [0.15, 0.2) is 0 Å². The molecule has 0 aliphatic carbocycles. The van der Waals surface area contributed by atoms with Crippen LogP contribution >= 0.6 is 11.3 Å². The van der Waals surface area contributed by atoms with Gasteiger partial charge in [-0.2, -0.15) is 0 Å². The van der Waals surface area contributed by atoms with Gasteiger partial charge >= 0.3 is 0 Å². The summed E-state index contributed by atoms with van der Waals surface area (Å²) in [7, 11) is 1.62. The van der Waals surface area contributed by atoms with E-state index < -0.39 is 6.43 Å². The van der Waals surface area contributed by atoms with Crippen LogP contribution in [0.15, 0.2) is 35.8 Å². The average molecular weight is 298 g/mol. The van der Waals surface area contributed by atoms with Gasteiger partial charge in [-0.1, -0.05) is 18.2 Å². The Morgan fingerprint density at radius 3 is 2.80 bits per heavy atom. The van der Waals surface area contributed by atoms with Crippen molar-refractivity contribution in [3.05, 3.63) is 52.0 Å². The molecule has 1 aromatic carbocycles. The number of rotatable bonds is 7. The van der Waals surface area contributed by atoms with Crippen molar-refractivity contribution in [2.45, 2.75) is 12.5 Å². The molecule has 108 valence electrons. The fourth-order valence-electron chi connectivity index (χ4n) is 1.90. The first-order valence-corrected chi connectivity index (χ1v) is 7.10. The van der Waals surface area contributed by atoms with Gasteiger partial charge in [0.25, 0.3) is 6.43 Å². The van der Waals surface area contributed by atoms with Gasteiger partial charge in [-0.25, -0.2) is 13.8 Å². The maximum Gasteiger partial charge on any atom is 0.263 e. The van der Waals surface area contributed by atoms with E-state index in [4.69, 9.17) is 4.74 Å². The van der Waals surface area contributed by atoms with E-state index in [0.717, 1.165) is 10.6 Å². The molecule has 1 heterocycles. The fraction of sp³-hybridized carbons (Fsp3) is 0.357. The zero-order chi connectivity index (χ0) is 14.4. The lowest BCUT2D eigenvalue weighted by Gasteiger charge is -2.17. The number of methoxy groups -OCH3 is 1. The SMILES string of the molecule is COCCNC(c1cccc(C(F)F)c1)c1nccs1. The van der Waals surface area contributed by atoms with Gasteiger partial charge in [0.05, 0.1) is 12.6 Å². The molecule has 2 rings (SSSR count). The predicted octanol–water partition coefficient (Wildman–Crippen LogP) is 3.41. The maximum absolute atomic E-state index is 12.8. The lowest BCUT2D eigenvalue weighted by atomic mass is 10.0. The Morgan fingerprint density at radius 2 is 2.15 bits per heavy atom. The molecule has 0 amide bonds. The van der Waals surface area contributed by atoms with Crippen molar-refractivity contribution in [2.75, 3.05) is 20.3 Å². The Kier molecular flexibility index (Phi) is 5.58. The zero-order valence-corrected chi connectivity index (χ0v) is 11.9. The van der Waals surface area contributed by atoms with Crippen molar-refractivity contribution in [1.29, 1.82) is 0 Å². The molecule has 20 heavy (non-hydrogen) atoms. The van der Waals surface area contributed by atoms with Gasteiger partial charge in [-0.05, 0) is 11.6 Å². The molecule has 6 heteroatoms. The maximum atomic E-state index is 12.8. The van der Waals surface area contributed by atoms with Crippen LogP contribution in [0, 0.1) is 0 Å².